The average Bonchev–Trinajstić information content (AvgIpc) is 2.90. The highest BCUT2D eigenvalue weighted by Crippen LogP contribution is 2.74. The maximum Gasteiger partial charge on any atom is 0.190 e. The van der Waals surface area contributed by atoms with Gasteiger partial charge in [0, 0.05) is 7.11 Å². The predicted octanol–water partition coefficient (Wildman–Crippen LogP) is 4.01. The van der Waals surface area contributed by atoms with Crippen molar-refractivity contribution in [1.29, 1.82) is 0 Å². The molecule has 4 rings (SSSR count). The fraction of sp³-hybridized carbons (Fsp3) is 1.00. The second-order valence-corrected chi connectivity index (χ2v) is 9.59. The van der Waals surface area contributed by atoms with E-state index in [9.17, 15) is 0 Å². The van der Waals surface area contributed by atoms with Gasteiger partial charge >= 0.3 is 0 Å². The van der Waals surface area contributed by atoms with Gasteiger partial charge in [0.05, 0.1) is 11.7 Å². The molecule has 7 atom stereocenters. The molecule has 1 spiro atoms. The zero-order valence-corrected chi connectivity index (χ0v) is 15.1. The molecule has 3 saturated carbocycles. The van der Waals surface area contributed by atoms with Gasteiger partial charge in [-0.25, -0.2) is 0 Å². The van der Waals surface area contributed by atoms with Crippen molar-refractivity contribution < 1.29 is 14.2 Å². The summed E-state index contributed by atoms with van der Waals surface area (Å²) >= 11 is 0. The summed E-state index contributed by atoms with van der Waals surface area (Å²) in [7, 11) is 1.73. The fourth-order valence-electron chi connectivity index (χ4n) is 7.18. The molecule has 3 aliphatic carbocycles. The van der Waals surface area contributed by atoms with E-state index in [1.165, 1.54) is 19.3 Å². The monoisotopic (exact) mass is 308 g/mol. The summed E-state index contributed by atoms with van der Waals surface area (Å²) in [5.74, 6) is 1.68. The van der Waals surface area contributed by atoms with Crippen molar-refractivity contribution in [3.63, 3.8) is 0 Å². The number of rotatable bonds is 2. The van der Waals surface area contributed by atoms with Gasteiger partial charge in [-0.15, -0.1) is 0 Å². The summed E-state index contributed by atoms with van der Waals surface area (Å²) in [5, 5.41) is 0. The van der Waals surface area contributed by atoms with Crippen LogP contribution >= 0.6 is 0 Å². The van der Waals surface area contributed by atoms with E-state index in [0.29, 0.717) is 23.4 Å². The number of ether oxygens (including phenoxy) is 3. The van der Waals surface area contributed by atoms with E-state index in [1.807, 2.05) is 6.92 Å². The quantitative estimate of drug-likeness (QED) is 0.771. The third-order valence-corrected chi connectivity index (χ3v) is 7.90. The van der Waals surface area contributed by atoms with E-state index < -0.39 is 5.79 Å². The van der Waals surface area contributed by atoms with Crippen molar-refractivity contribution in [1.82, 2.24) is 0 Å². The molecule has 126 valence electrons. The van der Waals surface area contributed by atoms with Crippen molar-refractivity contribution >= 4 is 0 Å². The summed E-state index contributed by atoms with van der Waals surface area (Å²) < 4.78 is 18.4. The van der Waals surface area contributed by atoms with Crippen LogP contribution in [-0.4, -0.2) is 31.2 Å². The molecule has 22 heavy (non-hydrogen) atoms. The summed E-state index contributed by atoms with van der Waals surface area (Å²) in [6.07, 6.45) is 5.49. The minimum Gasteiger partial charge on any atom is -0.379 e. The number of fused-ring (bicyclic) bond motifs is 3. The van der Waals surface area contributed by atoms with E-state index in [1.54, 1.807) is 7.11 Å². The molecule has 1 aliphatic heterocycles. The van der Waals surface area contributed by atoms with Gasteiger partial charge in [-0.3, -0.25) is 0 Å². The highest BCUT2D eigenvalue weighted by molar-refractivity contribution is 5.21. The van der Waals surface area contributed by atoms with E-state index in [0.717, 1.165) is 18.3 Å². The zero-order valence-electron chi connectivity index (χ0n) is 15.1. The molecular formula is C19H32O3. The van der Waals surface area contributed by atoms with Crippen LogP contribution in [0.15, 0.2) is 0 Å². The Bertz CT molecular complexity index is 489. The molecule has 0 radical (unpaired) electrons. The highest BCUT2D eigenvalue weighted by Gasteiger charge is 2.73. The molecule has 0 aromatic carbocycles. The number of hydrogen-bond donors (Lipinski definition) is 0. The molecule has 1 unspecified atom stereocenters. The Morgan fingerprint density at radius 3 is 2.55 bits per heavy atom. The first kappa shape index (κ1) is 15.4. The maximum absolute atomic E-state index is 6.56. The van der Waals surface area contributed by atoms with Crippen LogP contribution in [0.3, 0.4) is 0 Å². The molecule has 3 heteroatoms. The molecule has 0 N–H and O–H groups in total. The lowest BCUT2D eigenvalue weighted by Gasteiger charge is -2.46. The second-order valence-electron chi connectivity index (χ2n) is 9.59. The summed E-state index contributed by atoms with van der Waals surface area (Å²) in [6, 6.07) is 0. The summed E-state index contributed by atoms with van der Waals surface area (Å²) in [4.78, 5) is 0. The largest absolute Gasteiger partial charge is 0.379 e. The van der Waals surface area contributed by atoms with Crippen molar-refractivity contribution in [2.24, 2.45) is 28.6 Å². The lowest BCUT2D eigenvalue weighted by atomic mass is 9.62. The Morgan fingerprint density at radius 2 is 1.86 bits per heavy atom. The van der Waals surface area contributed by atoms with Gasteiger partial charge in [0.25, 0.3) is 0 Å². The van der Waals surface area contributed by atoms with Crippen molar-refractivity contribution in [2.75, 3.05) is 13.7 Å². The SMILES string of the molecule is COC[C@@]1(C)O[C@@H]2[C@@H]3C[C@@]4(CC2(C)O1)[C@H](C)CC[C@H]4C3(C)C. The van der Waals surface area contributed by atoms with Crippen LogP contribution in [0.25, 0.3) is 0 Å². The smallest absolute Gasteiger partial charge is 0.190 e. The van der Waals surface area contributed by atoms with Gasteiger partial charge in [-0.2, -0.15) is 0 Å². The molecule has 1 saturated heterocycles. The Balaban J connectivity index is 1.75. The first-order valence-electron chi connectivity index (χ1n) is 9.04. The van der Waals surface area contributed by atoms with Crippen molar-refractivity contribution in [3.8, 4) is 0 Å². The molecule has 0 amide bonds. The van der Waals surface area contributed by atoms with Crippen LogP contribution < -0.4 is 0 Å². The normalized spacial score (nSPS) is 58.6. The fourth-order valence-corrected chi connectivity index (χ4v) is 7.18. The molecule has 4 aliphatic rings. The van der Waals surface area contributed by atoms with Crippen molar-refractivity contribution in [2.45, 2.75) is 77.8 Å². The number of hydrogen-bond acceptors (Lipinski definition) is 3. The van der Waals surface area contributed by atoms with Gasteiger partial charge in [0.15, 0.2) is 5.79 Å². The molecule has 4 fully saturated rings. The molecule has 0 aromatic rings. The van der Waals surface area contributed by atoms with E-state index >= 15 is 0 Å². The Hall–Kier alpha value is -0.120. The molecule has 1 heterocycles. The van der Waals surface area contributed by atoms with E-state index in [2.05, 4.69) is 27.7 Å². The molecule has 3 nitrogen and oxygen atoms in total. The van der Waals surface area contributed by atoms with E-state index in [4.69, 9.17) is 14.2 Å². The molecular weight excluding hydrogens is 276 g/mol. The third kappa shape index (κ3) is 1.68. The predicted molar refractivity (Wildman–Crippen MR) is 85.5 cm³/mol. The van der Waals surface area contributed by atoms with Gasteiger partial charge in [0.1, 0.15) is 6.61 Å². The first-order chi connectivity index (χ1) is 10.2. The summed E-state index contributed by atoms with van der Waals surface area (Å²) in [6.45, 7) is 12.3. The average molecular weight is 308 g/mol. The van der Waals surface area contributed by atoms with Gasteiger partial charge in [0.2, 0.25) is 0 Å². The molecule has 0 aromatic heterocycles. The summed E-state index contributed by atoms with van der Waals surface area (Å²) in [5.41, 5.74) is 0.677. The van der Waals surface area contributed by atoms with Crippen LogP contribution in [0.2, 0.25) is 0 Å². The maximum atomic E-state index is 6.56. The third-order valence-electron chi connectivity index (χ3n) is 7.90. The van der Waals surface area contributed by atoms with E-state index in [-0.39, 0.29) is 11.7 Å². The van der Waals surface area contributed by atoms with Crippen LogP contribution in [0.4, 0.5) is 0 Å². The minimum absolute atomic E-state index is 0.152. The Kier molecular flexibility index (Phi) is 3.00. The standard InChI is InChI=1S/C19H32O3/c1-12-7-8-14-16(2,3)13-9-19(12,14)10-17(4)15(13)21-18(5,22-17)11-20-6/h12-15H,7-11H2,1-6H3/t12-,13+,14+,15-,17?,18+,19-/m1/s1. The molecule has 2 bridgehead atoms. The number of methoxy groups -OCH3 is 1. The Labute approximate surface area is 135 Å². The lowest BCUT2D eigenvalue weighted by molar-refractivity contribution is -0.207. The second kappa shape index (κ2) is 4.29. The lowest BCUT2D eigenvalue weighted by Crippen LogP contribution is -2.51. The van der Waals surface area contributed by atoms with Crippen molar-refractivity contribution in [3.05, 3.63) is 0 Å². The van der Waals surface area contributed by atoms with Crippen LogP contribution in [0.5, 0.6) is 0 Å². The van der Waals surface area contributed by atoms with Gasteiger partial charge < -0.3 is 14.2 Å². The van der Waals surface area contributed by atoms with Crippen LogP contribution in [0.1, 0.15) is 60.3 Å². The first-order valence-corrected chi connectivity index (χ1v) is 9.04. The minimum atomic E-state index is -0.581. The highest BCUT2D eigenvalue weighted by atomic mass is 16.8. The zero-order chi connectivity index (χ0) is 16.0. The van der Waals surface area contributed by atoms with Gasteiger partial charge in [-0.05, 0) is 68.1 Å². The van der Waals surface area contributed by atoms with Crippen LogP contribution in [-0.2, 0) is 14.2 Å². The topological polar surface area (TPSA) is 27.7 Å². The van der Waals surface area contributed by atoms with Crippen LogP contribution in [0, 0.1) is 28.6 Å². The Morgan fingerprint density at radius 1 is 1.14 bits per heavy atom. The van der Waals surface area contributed by atoms with Gasteiger partial charge in [-0.1, -0.05) is 20.8 Å².